The summed E-state index contributed by atoms with van der Waals surface area (Å²) in [7, 11) is 0. The molecule has 0 bridgehead atoms. The molecular weight excluding hydrogens is 474 g/mol. The number of nitrogens with zero attached hydrogens (tertiary/aromatic N) is 3. The van der Waals surface area contributed by atoms with Crippen molar-refractivity contribution in [2.24, 2.45) is 0 Å². The second-order valence-electron chi connectivity index (χ2n) is 10.2. The molecule has 0 amide bonds. The minimum atomic E-state index is 1.16. The van der Waals surface area contributed by atoms with Crippen molar-refractivity contribution in [1.29, 1.82) is 0 Å². The number of para-hydroxylation sites is 3. The summed E-state index contributed by atoms with van der Waals surface area (Å²) in [5.41, 5.74) is 10.9. The van der Waals surface area contributed by atoms with E-state index in [0.717, 1.165) is 11.4 Å². The number of fused-ring (bicyclic) bond motifs is 3. The van der Waals surface area contributed by atoms with Crippen LogP contribution in [0.5, 0.6) is 0 Å². The quantitative estimate of drug-likeness (QED) is 0.231. The molecule has 0 aliphatic heterocycles. The monoisotopic (exact) mass is 497 g/mol. The van der Waals surface area contributed by atoms with Crippen LogP contribution in [0.3, 0.4) is 0 Å². The predicted octanol–water partition coefficient (Wildman–Crippen LogP) is 9.26. The van der Waals surface area contributed by atoms with Gasteiger partial charge in [0.05, 0.1) is 33.1 Å². The molecule has 0 aliphatic rings. The van der Waals surface area contributed by atoms with Crippen molar-refractivity contribution in [1.82, 2.24) is 13.7 Å². The maximum absolute atomic E-state index is 2.43. The zero-order valence-corrected chi connectivity index (χ0v) is 21.1. The number of aromatic nitrogens is 3. The summed E-state index contributed by atoms with van der Waals surface area (Å²) >= 11 is 0. The van der Waals surface area contributed by atoms with Crippen LogP contribution in [-0.4, -0.2) is 13.7 Å². The van der Waals surface area contributed by atoms with E-state index in [0.29, 0.717) is 0 Å². The van der Waals surface area contributed by atoms with Crippen molar-refractivity contribution >= 4 is 54.6 Å². The van der Waals surface area contributed by atoms with Crippen LogP contribution in [0.25, 0.3) is 71.7 Å². The van der Waals surface area contributed by atoms with Crippen molar-refractivity contribution in [3.8, 4) is 17.1 Å². The molecule has 9 aromatic rings. The van der Waals surface area contributed by atoms with Gasteiger partial charge in [0.15, 0.2) is 0 Å². The highest BCUT2D eigenvalue weighted by Gasteiger charge is 2.22. The second kappa shape index (κ2) is 7.62. The molecule has 0 N–H and O–H groups in total. The molecule has 6 aromatic carbocycles. The van der Waals surface area contributed by atoms with Crippen LogP contribution in [0.4, 0.5) is 0 Å². The van der Waals surface area contributed by atoms with E-state index >= 15 is 0 Å². The van der Waals surface area contributed by atoms with Crippen LogP contribution in [0.2, 0.25) is 0 Å². The van der Waals surface area contributed by atoms with Gasteiger partial charge in [0.1, 0.15) is 0 Å². The summed E-state index contributed by atoms with van der Waals surface area (Å²) < 4.78 is 7.21. The molecule has 3 heteroatoms. The molecule has 182 valence electrons. The maximum atomic E-state index is 2.43. The zero-order valence-electron chi connectivity index (χ0n) is 21.1. The van der Waals surface area contributed by atoms with Crippen LogP contribution in [0.1, 0.15) is 0 Å². The standard InChI is InChI=1S/C36H23N3/c1-2-11-24(12-3-1)37-31-19-9-21-33-35(31)36-32(37)20-10-22-34(36)39(33)26-14-8-13-25(23-26)38-29-17-6-4-15-27(29)28-16-5-7-18-30(28)38/h1-23H. The minimum absolute atomic E-state index is 1.16. The predicted molar refractivity (Wildman–Crippen MR) is 163 cm³/mol. The van der Waals surface area contributed by atoms with E-state index in [1.165, 1.54) is 60.3 Å². The Labute approximate surface area is 224 Å². The van der Waals surface area contributed by atoms with Gasteiger partial charge in [0, 0.05) is 38.6 Å². The molecule has 3 aromatic heterocycles. The molecule has 39 heavy (non-hydrogen) atoms. The molecule has 0 fully saturated rings. The summed E-state index contributed by atoms with van der Waals surface area (Å²) in [5, 5.41) is 5.18. The largest absolute Gasteiger partial charge is 0.309 e. The first-order valence-electron chi connectivity index (χ1n) is 13.4. The fourth-order valence-electron chi connectivity index (χ4n) is 6.68. The fraction of sp³-hybridized carbons (Fsp3) is 0. The lowest BCUT2D eigenvalue weighted by molar-refractivity contribution is 1.13. The summed E-state index contributed by atoms with van der Waals surface area (Å²) in [6.07, 6.45) is 0. The van der Waals surface area contributed by atoms with Crippen molar-refractivity contribution in [2.45, 2.75) is 0 Å². The van der Waals surface area contributed by atoms with Gasteiger partial charge in [0.25, 0.3) is 0 Å². The maximum Gasteiger partial charge on any atom is 0.0563 e. The Hall–Kier alpha value is -5.28. The van der Waals surface area contributed by atoms with Crippen molar-refractivity contribution in [3.63, 3.8) is 0 Å². The van der Waals surface area contributed by atoms with E-state index in [2.05, 4.69) is 153 Å². The Bertz CT molecular complexity index is 2210. The number of benzene rings is 6. The molecule has 0 aliphatic carbocycles. The van der Waals surface area contributed by atoms with Gasteiger partial charge in [-0.3, -0.25) is 0 Å². The zero-order chi connectivity index (χ0) is 25.5. The van der Waals surface area contributed by atoms with Crippen LogP contribution < -0.4 is 0 Å². The number of hydrogen-bond donors (Lipinski definition) is 0. The van der Waals surface area contributed by atoms with Crippen molar-refractivity contribution < 1.29 is 0 Å². The van der Waals surface area contributed by atoms with Gasteiger partial charge in [-0.2, -0.15) is 0 Å². The molecule has 0 spiro atoms. The first kappa shape index (κ1) is 20.7. The Balaban J connectivity index is 1.34. The molecule has 0 atom stereocenters. The fourth-order valence-corrected chi connectivity index (χ4v) is 6.68. The smallest absolute Gasteiger partial charge is 0.0563 e. The third kappa shape index (κ3) is 2.71. The average Bonchev–Trinajstić information content (AvgIpc) is 3.64. The molecule has 9 rings (SSSR count). The van der Waals surface area contributed by atoms with Gasteiger partial charge in [-0.25, -0.2) is 0 Å². The SMILES string of the molecule is c1ccc(-n2c3cccc4c3c3c2cccc3n4-c2cccc(-n3c4ccccc4c4ccccc43)c2)cc1. The lowest BCUT2D eigenvalue weighted by atomic mass is 10.2. The highest BCUT2D eigenvalue weighted by atomic mass is 15.0. The Morgan fingerprint density at radius 1 is 0.282 bits per heavy atom. The van der Waals surface area contributed by atoms with Gasteiger partial charge in [0.2, 0.25) is 0 Å². The minimum Gasteiger partial charge on any atom is -0.309 e. The van der Waals surface area contributed by atoms with Gasteiger partial charge >= 0.3 is 0 Å². The third-order valence-corrected chi connectivity index (χ3v) is 8.20. The van der Waals surface area contributed by atoms with E-state index in [4.69, 9.17) is 0 Å². The molecule has 0 unspecified atom stereocenters. The number of hydrogen-bond acceptors (Lipinski definition) is 0. The average molecular weight is 498 g/mol. The van der Waals surface area contributed by atoms with E-state index in [1.807, 2.05) is 0 Å². The van der Waals surface area contributed by atoms with Gasteiger partial charge in [-0.05, 0) is 66.7 Å². The van der Waals surface area contributed by atoms with Crippen LogP contribution in [-0.2, 0) is 0 Å². The highest BCUT2D eigenvalue weighted by molar-refractivity contribution is 6.25. The molecule has 0 saturated carbocycles. The first-order chi connectivity index (χ1) is 19.4. The first-order valence-corrected chi connectivity index (χ1v) is 13.4. The molecule has 0 saturated heterocycles. The Kier molecular flexibility index (Phi) is 4.05. The Morgan fingerprint density at radius 3 is 1.18 bits per heavy atom. The van der Waals surface area contributed by atoms with E-state index < -0.39 is 0 Å². The summed E-state index contributed by atoms with van der Waals surface area (Å²) in [6.45, 7) is 0. The molecular formula is C36H23N3. The van der Waals surface area contributed by atoms with E-state index in [-0.39, 0.29) is 0 Å². The van der Waals surface area contributed by atoms with Gasteiger partial charge in [-0.1, -0.05) is 72.8 Å². The van der Waals surface area contributed by atoms with Gasteiger partial charge in [-0.15, -0.1) is 0 Å². The topological polar surface area (TPSA) is 14.8 Å². The lowest BCUT2D eigenvalue weighted by Gasteiger charge is -2.14. The van der Waals surface area contributed by atoms with Crippen LogP contribution in [0.15, 0.2) is 140 Å². The normalized spacial score (nSPS) is 12.1. The van der Waals surface area contributed by atoms with E-state index in [9.17, 15) is 0 Å². The molecule has 0 radical (unpaired) electrons. The highest BCUT2D eigenvalue weighted by Crippen LogP contribution is 2.42. The van der Waals surface area contributed by atoms with Crippen molar-refractivity contribution in [2.75, 3.05) is 0 Å². The summed E-state index contributed by atoms with van der Waals surface area (Å²) in [6, 6.07) is 50.4. The molecule has 3 nitrogen and oxygen atoms in total. The molecule has 3 heterocycles. The third-order valence-electron chi connectivity index (χ3n) is 8.20. The van der Waals surface area contributed by atoms with Crippen LogP contribution >= 0.6 is 0 Å². The Morgan fingerprint density at radius 2 is 0.641 bits per heavy atom. The second-order valence-corrected chi connectivity index (χ2v) is 10.2. The lowest BCUT2D eigenvalue weighted by Crippen LogP contribution is -2.00. The van der Waals surface area contributed by atoms with Gasteiger partial charge < -0.3 is 13.7 Å². The number of rotatable bonds is 3. The van der Waals surface area contributed by atoms with E-state index in [1.54, 1.807) is 0 Å². The summed E-state index contributed by atoms with van der Waals surface area (Å²) in [5.74, 6) is 0. The van der Waals surface area contributed by atoms with Crippen LogP contribution in [0, 0.1) is 0 Å². The summed E-state index contributed by atoms with van der Waals surface area (Å²) in [4.78, 5) is 0. The van der Waals surface area contributed by atoms with Crippen molar-refractivity contribution in [3.05, 3.63) is 140 Å².